The molecule has 0 bridgehead atoms. The fraction of sp³-hybridized carbons (Fsp3) is 1.00. The molecule has 0 aromatic heterocycles. The molecule has 1 aliphatic rings. The van der Waals surface area contributed by atoms with Gasteiger partial charge in [0.2, 0.25) is 0 Å². The summed E-state index contributed by atoms with van der Waals surface area (Å²) >= 11 is 0. The lowest BCUT2D eigenvalue weighted by molar-refractivity contribution is 0.0197. The Hall–Kier alpha value is -0.120. The van der Waals surface area contributed by atoms with E-state index in [4.69, 9.17) is 0 Å². The number of aliphatic hydroxyl groups is 2. The van der Waals surface area contributed by atoms with E-state index in [1.807, 2.05) is 20.8 Å². The summed E-state index contributed by atoms with van der Waals surface area (Å²) in [6, 6.07) is 0. The molecule has 3 unspecified atom stereocenters. The maximum absolute atomic E-state index is 9.90. The topological polar surface area (TPSA) is 43.7 Å². The standard InChI is InChI=1S/C11H23NO2/c1-4-11(3,14)8-12-6-5-10(7-12)9(2)13/h9-10,13-14H,4-8H2,1-3H3. The van der Waals surface area contributed by atoms with E-state index >= 15 is 0 Å². The van der Waals surface area contributed by atoms with Crippen LogP contribution in [0, 0.1) is 5.92 Å². The third kappa shape index (κ3) is 3.23. The van der Waals surface area contributed by atoms with E-state index in [1.165, 1.54) is 0 Å². The van der Waals surface area contributed by atoms with E-state index in [2.05, 4.69) is 4.90 Å². The van der Waals surface area contributed by atoms with Crippen molar-refractivity contribution in [1.29, 1.82) is 0 Å². The van der Waals surface area contributed by atoms with Crippen molar-refractivity contribution in [3.05, 3.63) is 0 Å². The lowest BCUT2D eigenvalue weighted by atomic mass is 10.0. The molecule has 0 aliphatic carbocycles. The van der Waals surface area contributed by atoms with Gasteiger partial charge < -0.3 is 15.1 Å². The number of hydrogen-bond donors (Lipinski definition) is 2. The lowest BCUT2D eigenvalue weighted by Crippen LogP contribution is -2.39. The zero-order valence-corrected chi connectivity index (χ0v) is 9.53. The van der Waals surface area contributed by atoms with Gasteiger partial charge in [-0.05, 0) is 39.2 Å². The van der Waals surface area contributed by atoms with Crippen LogP contribution in [0.4, 0.5) is 0 Å². The van der Waals surface area contributed by atoms with E-state index < -0.39 is 5.60 Å². The molecular formula is C11H23NO2. The number of rotatable bonds is 4. The molecule has 14 heavy (non-hydrogen) atoms. The predicted molar refractivity (Wildman–Crippen MR) is 57.1 cm³/mol. The summed E-state index contributed by atoms with van der Waals surface area (Å²) in [5, 5.41) is 19.3. The Labute approximate surface area is 86.7 Å². The van der Waals surface area contributed by atoms with Crippen molar-refractivity contribution < 1.29 is 10.2 Å². The SMILES string of the molecule is CCC(C)(O)CN1CCC(C(C)O)C1. The number of hydrogen-bond acceptors (Lipinski definition) is 3. The molecule has 3 heteroatoms. The molecule has 84 valence electrons. The fourth-order valence-corrected chi connectivity index (χ4v) is 1.99. The smallest absolute Gasteiger partial charge is 0.0743 e. The molecule has 1 rings (SSSR count). The van der Waals surface area contributed by atoms with Gasteiger partial charge in [-0.25, -0.2) is 0 Å². The summed E-state index contributed by atoms with van der Waals surface area (Å²) in [6.45, 7) is 8.39. The normalized spacial score (nSPS) is 30.2. The van der Waals surface area contributed by atoms with Gasteiger partial charge >= 0.3 is 0 Å². The zero-order chi connectivity index (χ0) is 10.8. The van der Waals surface area contributed by atoms with Crippen molar-refractivity contribution in [2.24, 2.45) is 5.92 Å². The quantitative estimate of drug-likeness (QED) is 0.708. The number of aliphatic hydroxyl groups excluding tert-OH is 1. The molecule has 3 atom stereocenters. The minimum atomic E-state index is -0.576. The Morgan fingerprint density at radius 3 is 2.64 bits per heavy atom. The molecule has 0 aromatic carbocycles. The summed E-state index contributed by atoms with van der Waals surface area (Å²) in [6.07, 6.45) is 1.62. The first kappa shape index (κ1) is 12.0. The van der Waals surface area contributed by atoms with Crippen LogP contribution < -0.4 is 0 Å². The molecule has 1 heterocycles. The third-order valence-electron chi connectivity index (χ3n) is 3.32. The van der Waals surface area contributed by atoms with Gasteiger partial charge in [0, 0.05) is 13.1 Å². The maximum Gasteiger partial charge on any atom is 0.0743 e. The van der Waals surface area contributed by atoms with Crippen molar-refractivity contribution in [3.8, 4) is 0 Å². The molecule has 0 spiro atoms. The Bertz CT molecular complexity index is 180. The highest BCUT2D eigenvalue weighted by molar-refractivity contribution is 4.83. The average molecular weight is 201 g/mol. The van der Waals surface area contributed by atoms with Crippen LogP contribution in [0.15, 0.2) is 0 Å². The van der Waals surface area contributed by atoms with Crippen LogP contribution in [0.3, 0.4) is 0 Å². The van der Waals surface area contributed by atoms with E-state index in [1.54, 1.807) is 0 Å². The third-order valence-corrected chi connectivity index (χ3v) is 3.32. The molecule has 0 amide bonds. The van der Waals surface area contributed by atoms with Crippen molar-refractivity contribution >= 4 is 0 Å². The van der Waals surface area contributed by atoms with Gasteiger partial charge in [0.15, 0.2) is 0 Å². The largest absolute Gasteiger partial charge is 0.393 e. The van der Waals surface area contributed by atoms with Gasteiger partial charge in [-0.15, -0.1) is 0 Å². The minimum Gasteiger partial charge on any atom is -0.393 e. The van der Waals surface area contributed by atoms with Gasteiger partial charge in [0.1, 0.15) is 0 Å². The second-order valence-electron chi connectivity index (χ2n) is 4.87. The van der Waals surface area contributed by atoms with Crippen LogP contribution in [-0.4, -0.2) is 46.5 Å². The van der Waals surface area contributed by atoms with Crippen LogP contribution in [0.2, 0.25) is 0 Å². The first-order valence-corrected chi connectivity index (χ1v) is 5.57. The number of likely N-dealkylation sites (tertiary alicyclic amines) is 1. The number of β-amino-alcohol motifs (C(OH)–C–C–N with tert-alkyl or cyclic N) is 1. The van der Waals surface area contributed by atoms with Crippen LogP contribution in [-0.2, 0) is 0 Å². The van der Waals surface area contributed by atoms with Gasteiger partial charge in [0.05, 0.1) is 11.7 Å². The van der Waals surface area contributed by atoms with E-state index in [0.717, 1.165) is 32.5 Å². The second-order valence-corrected chi connectivity index (χ2v) is 4.87. The van der Waals surface area contributed by atoms with Gasteiger partial charge in [-0.3, -0.25) is 0 Å². The number of nitrogens with zero attached hydrogens (tertiary/aromatic N) is 1. The van der Waals surface area contributed by atoms with E-state index in [9.17, 15) is 10.2 Å². The van der Waals surface area contributed by atoms with Gasteiger partial charge in [-0.1, -0.05) is 6.92 Å². The first-order valence-electron chi connectivity index (χ1n) is 5.57. The Morgan fingerprint density at radius 2 is 2.21 bits per heavy atom. The van der Waals surface area contributed by atoms with E-state index in [-0.39, 0.29) is 6.10 Å². The Morgan fingerprint density at radius 1 is 1.57 bits per heavy atom. The molecule has 1 aliphatic heterocycles. The minimum absolute atomic E-state index is 0.216. The maximum atomic E-state index is 9.90. The van der Waals surface area contributed by atoms with Gasteiger partial charge in [0.25, 0.3) is 0 Å². The predicted octanol–water partition coefficient (Wildman–Crippen LogP) is 0.850. The average Bonchev–Trinajstić information content (AvgIpc) is 2.52. The fourth-order valence-electron chi connectivity index (χ4n) is 1.99. The monoisotopic (exact) mass is 201 g/mol. The molecule has 0 saturated carbocycles. The summed E-state index contributed by atoms with van der Waals surface area (Å²) in [4.78, 5) is 2.25. The van der Waals surface area contributed by atoms with Crippen LogP contribution in [0.1, 0.15) is 33.6 Å². The zero-order valence-electron chi connectivity index (χ0n) is 9.53. The van der Waals surface area contributed by atoms with Crippen LogP contribution >= 0.6 is 0 Å². The molecule has 1 fully saturated rings. The summed E-state index contributed by atoms with van der Waals surface area (Å²) in [5.41, 5.74) is -0.576. The highest BCUT2D eigenvalue weighted by Gasteiger charge is 2.30. The van der Waals surface area contributed by atoms with Crippen LogP contribution in [0.25, 0.3) is 0 Å². The van der Waals surface area contributed by atoms with Crippen LogP contribution in [0.5, 0.6) is 0 Å². The molecule has 1 saturated heterocycles. The van der Waals surface area contributed by atoms with Crippen molar-refractivity contribution in [3.63, 3.8) is 0 Å². The molecule has 0 aromatic rings. The molecule has 0 radical (unpaired) electrons. The summed E-state index contributed by atoms with van der Waals surface area (Å²) < 4.78 is 0. The lowest BCUT2D eigenvalue weighted by Gasteiger charge is -2.28. The Kier molecular flexibility index (Phi) is 3.93. The second kappa shape index (κ2) is 4.60. The molecule has 3 nitrogen and oxygen atoms in total. The Balaban J connectivity index is 2.36. The molecular weight excluding hydrogens is 178 g/mol. The van der Waals surface area contributed by atoms with Gasteiger partial charge in [-0.2, -0.15) is 0 Å². The first-order chi connectivity index (χ1) is 6.44. The van der Waals surface area contributed by atoms with E-state index in [0.29, 0.717) is 5.92 Å². The highest BCUT2D eigenvalue weighted by Crippen LogP contribution is 2.22. The molecule has 2 N–H and O–H groups in total. The van der Waals surface area contributed by atoms with Crippen molar-refractivity contribution in [2.45, 2.75) is 45.3 Å². The van der Waals surface area contributed by atoms with Crippen molar-refractivity contribution in [1.82, 2.24) is 4.90 Å². The van der Waals surface area contributed by atoms with Crippen molar-refractivity contribution in [2.75, 3.05) is 19.6 Å². The highest BCUT2D eigenvalue weighted by atomic mass is 16.3. The summed E-state index contributed by atoms with van der Waals surface area (Å²) in [7, 11) is 0. The summed E-state index contributed by atoms with van der Waals surface area (Å²) in [5.74, 6) is 0.391.